The molecule has 3 atom stereocenters. The number of aliphatic carboxylic acids is 3. The summed E-state index contributed by atoms with van der Waals surface area (Å²) in [6.07, 6.45) is 11.4. The Bertz CT molecular complexity index is 1370. The lowest BCUT2D eigenvalue weighted by Crippen LogP contribution is -2.55. The summed E-state index contributed by atoms with van der Waals surface area (Å²) >= 11 is 0. The Kier molecular flexibility index (Phi) is 17.3. The molecule has 0 radical (unpaired) electrons. The summed E-state index contributed by atoms with van der Waals surface area (Å²) in [5.41, 5.74) is 0.599. The zero-order chi connectivity index (χ0) is 35.5. The third kappa shape index (κ3) is 13.8. The Morgan fingerprint density at radius 1 is 0.771 bits per heavy atom. The second kappa shape index (κ2) is 20.8. The molecule has 0 spiro atoms. The van der Waals surface area contributed by atoms with Crippen molar-refractivity contribution in [2.24, 2.45) is 5.92 Å². The maximum atomic E-state index is 13.4. The van der Waals surface area contributed by atoms with Gasteiger partial charge in [0.05, 0.1) is 12.3 Å². The van der Waals surface area contributed by atoms with Gasteiger partial charge in [0.25, 0.3) is 0 Å². The zero-order valence-electron chi connectivity index (χ0n) is 28.2. The van der Waals surface area contributed by atoms with Gasteiger partial charge in [-0.15, -0.1) is 0 Å². The number of allylic oxidation sites excluding steroid dienone is 1. The smallest absolute Gasteiger partial charge is 0.337 e. The molecule has 1 amide bonds. The highest BCUT2D eigenvalue weighted by Crippen LogP contribution is 2.26. The molecule has 48 heavy (non-hydrogen) atoms. The molecule has 0 heterocycles. The quantitative estimate of drug-likeness (QED) is 0.0618. The summed E-state index contributed by atoms with van der Waals surface area (Å²) in [6, 6.07) is 13.6. The molecule has 3 unspecified atom stereocenters. The topological polar surface area (TPSA) is 178 Å². The monoisotopic (exact) mass is 665 g/mol. The van der Waals surface area contributed by atoms with Crippen molar-refractivity contribution in [1.82, 2.24) is 5.32 Å². The number of Topliss-reactive ketones (excluding diaryl/α,β-unsaturated/α-hetero) is 1. The van der Waals surface area contributed by atoms with E-state index in [0.29, 0.717) is 31.2 Å². The minimum Gasteiger partial charge on any atom is -0.481 e. The van der Waals surface area contributed by atoms with Gasteiger partial charge >= 0.3 is 17.9 Å². The van der Waals surface area contributed by atoms with Gasteiger partial charge in [-0.05, 0) is 49.3 Å². The summed E-state index contributed by atoms with van der Waals surface area (Å²) < 4.78 is 0. The number of hydrogen-bond donors (Lipinski definition) is 5. The summed E-state index contributed by atoms with van der Waals surface area (Å²) in [5.74, 6) is -7.64. The van der Waals surface area contributed by atoms with E-state index in [-0.39, 0.29) is 12.2 Å². The number of unbranched alkanes of at least 4 members (excludes halogenated alkanes) is 8. The van der Waals surface area contributed by atoms with E-state index in [9.17, 15) is 44.4 Å². The van der Waals surface area contributed by atoms with E-state index in [1.54, 1.807) is 12.1 Å². The van der Waals surface area contributed by atoms with Crippen LogP contribution in [0.3, 0.4) is 0 Å². The average molecular weight is 666 g/mol. The summed E-state index contributed by atoms with van der Waals surface area (Å²) in [5, 5.41) is 42.2. The highest BCUT2D eigenvalue weighted by atomic mass is 16.4. The van der Waals surface area contributed by atoms with Gasteiger partial charge < -0.3 is 25.7 Å². The van der Waals surface area contributed by atoms with Gasteiger partial charge in [0.2, 0.25) is 5.91 Å². The Morgan fingerprint density at radius 2 is 1.31 bits per heavy atom. The van der Waals surface area contributed by atoms with Crippen LogP contribution in [0.5, 0.6) is 0 Å². The maximum absolute atomic E-state index is 13.4. The first-order chi connectivity index (χ1) is 22.9. The van der Waals surface area contributed by atoms with E-state index in [1.807, 2.05) is 43.3 Å². The van der Waals surface area contributed by atoms with Crippen molar-refractivity contribution in [3.05, 3.63) is 71.8 Å². The largest absolute Gasteiger partial charge is 0.481 e. The average Bonchev–Trinajstić information content (AvgIpc) is 3.03. The lowest BCUT2D eigenvalue weighted by Gasteiger charge is -2.29. The minimum atomic E-state index is -3.01. The van der Waals surface area contributed by atoms with Gasteiger partial charge in [-0.25, -0.2) is 9.59 Å². The number of carbonyl (C=O) groups excluding carboxylic acids is 2. The third-order valence-corrected chi connectivity index (χ3v) is 8.45. The van der Waals surface area contributed by atoms with Gasteiger partial charge in [-0.2, -0.15) is 0 Å². The van der Waals surface area contributed by atoms with E-state index in [2.05, 4.69) is 12.2 Å². The van der Waals surface area contributed by atoms with Crippen LogP contribution in [-0.2, 0) is 30.4 Å². The number of ketones is 1. The first kappa shape index (κ1) is 39.9. The van der Waals surface area contributed by atoms with E-state index < -0.39 is 47.8 Å². The van der Waals surface area contributed by atoms with Crippen LogP contribution < -0.4 is 5.32 Å². The highest BCUT2D eigenvalue weighted by molar-refractivity contribution is 5.94. The van der Waals surface area contributed by atoms with Gasteiger partial charge in [0.1, 0.15) is 11.8 Å². The molecule has 10 heteroatoms. The Morgan fingerprint density at radius 3 is 1.83 bits per heavy atom. The number of rotatable bonds is 24. The Hall–Kier alpha value is -4.31. The molecule has 5 N–H and O–H groups in total. The normalized spacial score (nSPS) is 13.8. The lowest BCUT2D eigenvalue weighted by atomic mass is 9.82. The van der Waals surface area contributed by atoms with Crippen LogP contribution in [0.2, 0.25) is 0 Å². The van der Waals surface area contributed by atoms with Crippen molar-refractivity contribution >= 4 is 29.6 Å². The van der Waals surface area contributed by atoms with Crippen LogP contribution in [-0.4, -0.2) is 61.7 Å². The fraction of sp³-hybridized carbons (Fsp3) is 0.500. The lowest BCUT2D eigenvalue weighted by molar-refractivity contribution is -0.172. The van der Waals surface area contributed by atoms with Crippen molar-refractivity contribution in [2.45, 2.75) is 115 Å². The van der Waals surface area contributed by atoms with Gasteiger partial charge in [0.15, 0.2) is 5.60 Å². The van der Waals surface area contributed by atoms with Crippen molar-refractivity contribution in [2.75, 3.05) is 0 Å². The minimum absolute atomic E-state index is 0.128. The SMILES string of the molecule is CCCCCCCC(=O)CCCCCC/C=C/C(C(=O)NC(Cc1ccc(-c2ccc(C)cc2)cc1)C(=O)O)C(O)(CC(=O)O)C(=O)O. The van der Waals surface area contributed by atoms with Crippen LogP contribution in [0.1, 0.15) is 102 Å². The summed E-state index contributed by atoms with van der Waals surface area (Å²) in [4.78, 5) is 61.2. The van der Waals surface area contributed by atoms with Crippen LogP contribution in [0.25, 0.3) is 11.1 Å². The van der Waals surface area contributed by atoms with Crippen LogP contribution in [0, 0.1) is 12.8 Å². The number of benzene rings is 2. The molecule has 0 bridgehead atoms. The van der Waals surface area contributed by atoms with Gasteiger partial charge in [0, 0.05) is 19.3 Å². The molecule has 2 aromatic carbocycles. The molecule has 0 aliphatic rings. The molecular weight excluding hydrogens is 614 g/mol. The number of aliphatic hydroxyl groups is 1. The van der Waals surface area contributed by atoms with Crippen molar-refractivity contribution < 1.29 is 44.4 Å². The van der Waals surface area contributed by atoms with E-state index in [1.165, 1.54) is 12.5 Å². The second-order valence-electron chi connectivity index (χ2n) is 12.5. The molecule has 0 aliphatic heterocycles. The molecule has 0 aliphatic carbocycles. The van der Waals surface area contributed by atoms with E-state index >= 15 is 0 Å². The molecule has 262 valence electrons. The molecule has 2 aromatic rings. The van der Waals surface area contributed by atoms with E-state index in [0.717, 1.165) is 67.7 Å². The van der Waals surface area contributed by atoms with Crippen molar-refractivity contribution in [3.8, 4) is 11.1 Å². The highest BCUT2D eigenvalue weighted by Gasteiger charge is 2.49. The molecule has 0 saturated carbocycles. The first-order valence-corrected chi connectivity index (χ1v) is 16.9. The first-order valence-electron chi connectivity index (χ1n) is 16.9. The van der Waals surface area contributed by atoms with Crippen LogP contribution >= 0.6 is 0 Å². The second-order valence-corrected chi connectivity index (χ2v) is 12.5. The molecule has 10 nitrogen and oxygen atoms in total. The van der Waals surface area contributed by atoms with E-state index in [4.69, 9.17) is 0 Å². The molecule has 0 saturated heterocycles. The number of carboxylic acid groups (broad SMARTS) is 3. The number of aryl methyl sites for hydroxylation is 1. The van der Waals surface area contributed by atoms with Crippen molar-refractivity contribution in [3.63, 3.8) is 0 Å². The maximum Gasteiger partial charge on any atom is 0.337 e. The number of hydrogen-bond acceptors (Lipinski definition) is 6. The zero-order valence-corrected chi connectivity index (χ0v) is 28.2. The number of nitrogens with one attached hydrogen (secondary N) is 1. The summed E-state index contributed by atoms with van der Waals surface area (Å²) in [7, 11) is 0. The Labute approximate surface area is 283 Å². The summed E-state index contributed by atoms with van der Waals surface area (Å²) in [6.45, 7) is 4.13. The standard InChI is InChI=1S/C38H51NO9/c1-3-4-5-8-11-14-31(40)15-12-9-6-7-10-13-16-32(38(48,37(46)47)26-34(41)42)35(43)39-33(36(44)45)25-28-19-23-30(24-20-28)29-21-17-27(2)18-22-29/h13,16-24,32-33,48H,3-12,14-15,25-26H2,1-2H3,(H,39,43)(H,41,42)(H,44,45)(H,46,47)/b16-13+. The number of carboxylic acids is 3. The Balaban J connectivity index is 2.02. The predicted molar refractivity (Wildman–Crippen MR) is 183 cm³/mol. The number of carbonyl (C=O) groups is 5. The fourth-order valence-electron chi connectivity index (χ4n) is 5.51. The van der Waals surface area contributed by atoms with Crippen LogP contribution in [0.15, 0.2) is 60.7 Å². The number of amides is 1. The van der Waals surface area contributed by atoms with Gasteiger partial charge in [-0.3, -0.25) is 14.4 Å². The van der Waals surface area contributed by atoms with Gasteiger partial charge in [-0.1, -0.05) is 112 Å². The molecule has 0 fully saturated rings. The fourth-order valence-corrected chi connectivity index (χ4v) is 5.51. The third-order valence-electron chi connectivity index (χ3n) is 8.45. The molecule has 2 rings (SSSR count). The molecular formula is C38H51NO9. The van der Waals surface area contributed by atoms with Crippen molar-refractivity contribution in [1.29, 1.82) is 0 Å². The predicted octanol–water partition coefficient (Wildman–Crippen LogP) is 6.51. The molecule has 0 aromatic heterocycles. The van der Waals surface area contributed by atoms with Crippen LogP contribution in [0.4, 0.5) is 0 Å².